The summed E-state index contributed by atoms with van der Waals surface area (Å²) in [6.07, 6.45) is 2.54. The van der Waals surface area contributed by atoms with Crippen LogP contribution in [0.2, 0.25) is 0 Å². The van der Waals surface area contributed by atoms with Gasteiger partial charge in [-0.15, -0.1) is 10.2 Å². The maximum atomic E-state index is 5.93. The average Bonchev–Trinajstić information content (AvgIpc) is 3.22. The lowest BCUT2D eigenvalue weighted by molar-refractivity contribution is 0.107. The molecule has 1 aromatic heterocycles. The second-order valence-corrected chi connectivity index (χ2v) is 7.34. The minimum Gasteiger partial charge on any atom is -0.486 e. The normalized spacial score (nSPS) is 20.3. The summed E-state index contributed by atoms with van der Waals surface area (Å²) in [5.74, 6) is 2.46. The molecular formula is C14H15N3O2S2. The molecule has 2 aliphatic rings. The molecule has 0 unspecified atom stereocenters. The van der Waals surface area contributed by atoms with E-state index in [1.54, 1.807) is 23.1 Å². The first-order valence-electron chi connectivity index (χ1n) is 6.98. The first-order chi connectivity index (χ1) is 10.4. The van der Waals surface area contributed by atoms with Gasteiger partial charge in [-0.05, 0) is 25.0 Å². The molecule has 5 nitrogen and oxygen atoms in total. The fourth-order valence-electron chi connectivity index (χ4n) is 2.04. The van der Waals surface area contributed by atoms with E-state index in [4.69, 9.17) is 9.47 Å². The van der Waals surface area contributed by atoms with Crippen LogP contribution in [0.3, 0.4) is 0 Å². The number of ether oxygens (including phenoxy) is 2. The van der Waals surface area contributed by atoms with Crippen molar-refractivity contribution in [3.8, 4) is 11.5 Å². The zero-order valence-corrected chi connectivity index (χ0v) is 13.0. The molecule has 1 fully saturated rings. The van der Waals surface area contributed by atoms with Gasteiger partial charge in [-0.3, -0.25) is 0 Å². The van der Waals surface area contributed by atoms with Crippen molar-refractivity contribution in [2.24, 2.45) is 0 Å². The molecule has 0 amide bonds. The summed E-state index contributed by atoms with van der Waals surface area (Å²) in [6.45, 7) is 0.579. The summed E-state index contributed by atoms with van der Waals surface area (Å²) in [5, 5.41) is 12.6. The number of nitrogens with one attached hydrogen (secondary N) is 1. The highest BCUT2D eigenvalue weighted by Gasteiger charge is 2.23. The highest BCUT2D eigenvalue weighted by Crippen LogP contribution is 2.34. The van der Waals surface area contributed by atoms with Gasteiger partial charge in [0.2, 0.25) is 5.13 Å². The van der Waals surface area contributed by atoms with Crippen molar-refractivity contribution in [1.29, 1.82) is 0 Å². The Morgan fingerprint density at radius 3 is 2.95 bits per heavy atom. The zero-order valence-electron chi connectivity index (χ0n) is 11.3. The summed E-state index contributed by atoms with van der Waals surface area (Å²) < 4.78 is 12.6. The van der Waals surface area contributed by atoms with Crippen LogP contribution in [0.15, 0.2) is 28.6 Å². The maximum Gasteiger partial charge on any atom is 0.206 e. The quantitative estimate of drug-likeness (QED) is 0.854. The van der Waals surface area contributed by atoms with Crippen molar-refractivity contribution in [3.05, 3.63) is 24.3 Å². The highest BCUT2D eigenvalue weighted by molar-refractivity contribution is 8.01. The Balaban J connectivity index is 1.31. The van der Waals surface area contributed by atoms with E-state index in [0.29, 0.717) is 12.6 Å². The second kappa shape index (κ2) is 5.73. The van der Waals surface area contributed by atoms with Crippen LogP contribution in [0.1, 0.15) is 12.8 Å². The molecule has 110 valence electrons. The fourth-order valence-corrected chi connectivity index (χ4v) is 3.86. The third-order valence-corrected chi connectivity index (χ3v) is 5.39. The predicted molar refractivity (Wildman–Crippen MR) is 83.6 cm³/mol. The van der Waals surface area contributed by atoms with E-state index in [-0.39, 0.29) is 6.10 Å². The number of nitrogens with zero attached hydrogens (tertiary/aromatic N) is 2. The van der Waals surface area contributed by atoms with Crippen molar-refractivity contribution in [3.63, 3.8) is 0 Å². The topological polar surface area (TPSA) is 56.3 Å². The number of para-hydroxylation sites is 2. The molecule has 2 aromatic rings. The molecule has 7 heteroatoms. The van der Waals surface area contributed by atoms with Crippen molar-refractivity contribution < 1.29 is 9.47 Å². The minimum atomic E-state index is 0.0497. The monoisotopic (exact) mass is 321 g/mol. The summed E-state index contributed by atoms with van der Waals surface area (Å²) in [6, 6.07) is 8.39. The third-order valence-electron chi connectivity index (χ3n) is 3.27. The molecule has 0 bridgehead atoms. The number of rotatable bonds is 5. The van der Waals surface area contributed by atoms with Gasteiger partial charge in [0.1, 0.15) is 12.7 Å². The van der Waals surface area contributed by atoms with Crippen molar-refractivity contribution in [2.45, 2.75) is 29.3 Å². The van der Waals surface area contributed by atoms with Gasteiger partial charge < -0.3 is 14.8 Å². The lowest BCUT2D eigenvalue weighted by Crippen LogP contribution is -2.31. The third kappa shape index (κ3) is 3.24. The van der Waals surface area contributed by atoms with Gasteiger partial charge in [-0.2, -0.15) is 0 Å². The molecule has 1 aromatic carbocycles. The smallest absolute Gasteiger partial charge is 0.206 e. The number of benzene rings is 1. The van der Waals surface area contributed by atoms with E-state index in [0.717, 1.165) is 26.7 Å². The van der Waals surface area contributed by atoms with Crippen LogP contribution in [0, 0.1) is 0 Å². The maximum absolute atomic E-state index is 5.93. The van der Waals surface area contributed by atoms with Crippen molar-refractivity contribution >= 4 is 28.2 Å². The van der Waals surface area contributed by atoms with Crippen molar-refractivity contribution in [1.82, 2.24) is 10.2 Å². The molecule has 21 heavy (non-hydrogen) atoms. The molecule has 0 radical (unpaired) electrons. The van der Waals surface area contributed by atoms with Gasteiger partial charge >= 0.3 is 0 Å². The molecule has 1 aliphatic heterocycles. The zero-order chi connectivity index (χ0) is 14.1. The van der Waals surface area contributed by atoms with E-state index in [2.05, 4.69) is 15.5 Å². The molecule has 1 N–H and O–H groups in total. The van der Waals surface area contributed by atoms with Crippen LogP contribution >= 0.6 is 23.1 Å². The average molecular weight is 321 g/mol. The summed E-state index contributed by atoms with van der Waals surface area (Å²) >= 11 is 3.28. The first-order valence-corrected chi connectivity index (χ1v) is 8.78. The Labute approximate surface area is 131 Å². The van der Waals surface area contributed by atoms with Crippen LogP contribution in [0.25, 0.3) is 0 Å². The fraction of sp³-hybridized carbons (Fsp3) is 0.429. The second-order valence-electron chi connectivity index (χ2n) is 5.10. The lowest BCUT2D eigenvalue weighted by Gasteiger charge is -2.25. The van der Waals surface area contributed by atoms with Gasteiger partial charge in [-0.1, -0.05) is 35.2 Å². The molecule has 2 heterocycles. The Kier molecular flexibility index (Phi) is 3.60. The Hall–Kier alpha value is -1.47. The Morgan fingerprint density at radius 2 is 2.10 bits per heavy atom. The molecule has 1 saturated carbocycles. The SMILES string of the molecule is c1ccc2c(c1)OC[C@H](CSc1nnc(NC3CC3)s1)O2. The number of thioether (sulfide) groups is 1. The Bertz CT molecular complexity index is 630. The number of fused-ring (bicyclic) bond motifs is 1. The van der Waals surface area contributed by atoms with Gasteiger partial charge in [-0.25, -0.2) is 0 Å². The van der Waals surface area contributed by atoms with Gasteiger partial charge in [0.25, 0.3) is 0 Å². The molecule has 1 aliphatic carbocycles. The van der Waals surface area contributed by atoms with Gasteiger partial charge in [0.05, 0.1) is 0 Å². The van der Waals surface area contributed by atoms with E-state index in [9.17, 15) is 0 Å². The Morgan fingerprint density at radius 1 is 1.24 bits per heavy atom. The van der Waals surface area contributed by atoms with Crippen LogP contribution in [-0.2, 0) is 0 Å². The molecule has 0 saturated heterocycles. The molecule has 1 atom stereocenters. The van der Waals surface area contributed by atoms with Crippen LogP contribution in [-0.4, -0.2) is 34.7 Å². The highest BCUT2D eigenvalue weighted by atomic mass is 32.2. The largest absolute Gasteiger partial charge is 0.486 e. The van der Waals surface area contributed by atoms with E-state index in [1.807, 2.05) is 24.3 Å². The van der Waals surface area contributed by atoms with E-state index in [1.165, 1.54) is 12.8 Å². The van der Waals surface area contributed by atoms with Gasteiger partial charge in [0.15, 0.2) is 15.8 Å². The number of hydrogen-bond acceptors (Lipinski definition) is 7. The van der Waals surface area contributed by atoms with Crippen LogP contribution in [0.4, 0.5) is 5.13 Å². The van der Waals surface area contributed by atoms with Crippen LogP contribution < -0.4 is 14.8 Å². The minimum absolute atomic E-state index is 0.0497. The standard InChI is InChI=1S/C14H15N3O2S2/c1-2-4-12-11(3-1)18-7-10(19-12)8-20-14-17-16-13(21-14)15-9-5-6-9/h1-4,9-10H,5-8H2,(H,15,16)/t10-/m1/s1. The number of aromatic nitrogens is 2. The molecule has 4 rings (SSSR count). The van der Waals surface area contributed by atoms with Crippen LogP contribution in [0.5, 0.6) is 11.5 Å². The summed E-state index contributed by atoms with van der Waals surface area (Å²) in [4.78, 5) is 0. The summed E-state index contributed by atoms with van der Waals surface area (Å²) in [5.41, 5.74) is 0. The summed E-state index contributed by atoms with van der Waals surface area (Å²) in [7, 11) is 0. The van der Waals surface area contributed by atoms with Gasteiger partial charge in [0, 0.05) is 11.8 Å². The lowest BCUT2D eigenvalue weighted by atomic mass is 10.3. The number of hydrogen-bond donors (Lipinski definition) is 1. The number of anilines is 1. The predicted octanol–water partition coefficient (Wildman–Crippen LogP) is 3.04. The van der Waals surface area contributed by atoms with E-state index >= 15 is 0 Å². The molecule has 0 spiro atoms. The van der Waals surface area contributed by atoms with Crippen molar-refractivity contribution in [2.75, 3.05) is 17.7 Å². The molecular weight excluding hydrogens is 306 g/mol. The van der Waals surface area contributed by atoms with E-state index < -0.39 is 0 Å². The first kappa shape index (κ1) is 13.2.